The highest BCUT2D eigenvalue weighted by molar-refractivity contribution is 7.80. The Kier molecular flexibility index (Phi) is 5.72. The highest BCUT2D eigenvalue weighted by Crippen LogP contribution is 2.23. The van der Waals surface area contributed by atoms with Gasteiger partial charge in [-0.1, -0.05) is 29.8 Å². The molecule has 0 aliphatic carbocycles. The highest BCUT2D eigenvalue weighted by Gasteiger charge is 2.12. The number of nitrogens with zero attached hydrogens (tertiary/aromatic N) is 1. The van der Waals surface area contributed by atoms with Gasteiger partial charge in [0.1, 0.15) is 0 Å². The number of benzene rings is 2. The van der Waals surface area contributed by atoms with E-state index in [9.17, 15) is 0 Å². The molecular weight excluding hydrogens is 338 g/mol. The molecule has 24 heavy (non-hydrogen) atoms. The molecule has 0 saturated carbocycles. The molecule has 3 rings (SSSR count). The van der Waals surface area contributed by atoms with Crippen molar-refractivity contribution in [2.24, 2.45) is 0 Å². The van der Waals surface area contributed by atoms with Gasteiger partial charge in [-0.15, -0.1) is 0 Å². The monoisotopic (exact) mass is 359 g/mol. The molecule has 0 radical (unpaired) electrons. The number of halogens is 1. The Balaban J connectivity index is 1.62. The molecule has 1 aliphatic rings. The highest BCUT2D eigenvalue weighted by atomic mass is 35.5. The summed E-state index contributed by atoms with van der Waals surface area (Å²) in [6.07, 6.45) is 2.62. The van der Waals surface area contributed by atoms with Crippen LogP contribution in [0.25, 0.3) is 0 Å². The zero-order valence-corrected chi connectivity index (χ0v) is 15.4. The molecule has 1 aliphatic heterocycles. The summed E-state index contributed by atoms with van der Waals surface area (Å²) in [4.78, 5) is 2.49. The Morgan fingerprint density at radius 2 is 1.88 bits per heavy atom. The standard InChI is InChI=1S/C19H22ClN3S/c1-14-17(20)8-5-9-18(14)22-19(24)21-16-7-4-6-15(12-16)13-23-10-2-3-11-23/h4-9,12H,2-3,10-11,13H2,1H3,(H2,21,22,24). The summed E-state index contributed by atoms with van der Waals surface area (Å²) in [5, 5.41) is 7.78. The van der Waals surface area contributed by atoms with E-state index in [-0.39, 0.29) is 0 Å². The van der Waals surface area contributed by atoms with Gasteiger partial charge in [-0.3, -0.25) is 4.90 Å². The van der Waals surface area contributed by atoms with Gasteiger partial charge >= 0.3 is 0 Å². The van der Waals surface area contributed by atoms with E-state index in [1.54, 1.807) is 0 Å². The molecule has 5 heteroatoms. The maximum atomic E-state index is 6.15. The zero-order chi connectivity index (χ0) is 16.9. The fourth-order valence-corrected chi connectivity index (χ4v) is 3.38. The molecule has 2 aromatic carbocycles. The van der Waals surface area contributed by atoms with Crippen LogP contribution in [0.4, 0.5) is 11.4 Å². The summed E-state index contributed by atoms with van der Waals surface area (Å²) in [5.74, 6) is 0. The molecule has 1 fully saturated rings. The van der Waals surface area contributed by atoms with E-state index in [4.69, 9.17) is 23.8 Å². The quantitative estimate of drug-likeness (QED) is 0.747. The minimum absolute atomic E-state index is 0.568. The van der Waals surface area contributed by atoms with E-state index in [0.717, 1.165) is 28.5 Å². The molecule has 126 valence electrons. The lowest BCUT2D eigenvalue weighted by Crippen LogP contribution is -2.20. The van der Waals surface area contributed by atoms with Crippen molar-refractivity contribution in [1.82, 2.24) is 4.90 Å². The minimum atomic E-state index is 0.568. The lowest BCUT2D eigenvalue weighted by atomic mass is 10.2. The Hall–Kier alpha value is -1.62. The van der Waals surface area contributed by atoms with Crippen LogP contribution in [0.5, 0.6) is 0 Å². The van der Waals surface area contributed by atoms with Crippen LogP contribution in [0.15, 0.2) is 42.5 Å². The van der Waals surface area contributed by atoms with Gasteiger partial charge in [0, 0.05) is 22.9 Å². The first kappa shape index (κ1) is 17.2. The maximum Gasteiger partial charge on any atom is 0.175 e. The lowest BCUT2D eigenvalue weighted by molar-refractivity contribution is 0.331. The molecule has 0 atom stereocenters. The van der Waals surface area contributed by atoms with Gasteiger partial charge < -0.3 is 10.6 Å². The first-order valence-electron chi connectivity index (χ1n) is 8.26. The van der Waals surface area contributed by atoms with Crippen LogP contribution >= 0.6 is 23.8 Å². The van der Waals surface area contributed by atoms with Crippen LogP contribution in [0.2, 0.25) is 5.02 Å². The second-order valence-corrected chi connectivity index (χ2v) is 6.99. The number of thiocarbonyl (C=S) groups is 1. The van der Waals surface area contributed by atoms with Crippen molar-refractivity contribution in [2.45, 2.75) is 26.3 Å². The van der Waals surface area contributed by atoms with E-state index in [2.05, 4.69) is 33.7 Å². The van der Waals surface area contributed by atoms with Gasteiger partial charge in [-0.25, -0.2) is 0 Å². The molecule has 0 bridgehead atoms. The number of hydrogen-bond donors (Lipinski definition) is 2. The second kappa shape index (κ2) is 7.97. The zero-order valence-electron chi connectivity index (χ0n) is 13.8. The van der Waals surface area contributed by atoms with Crippen LogP contribution in [-0.2, 0) is 6.54 Å². The Labute approximate surface area is 154 Å². The van der Waals surface area contributed by atoms with Gasteiger partial charge in [-0.05, 0) is 80.5 Å². The Bertz CT molecular complexity index is 726. The molecule has 0 aromatic heterocycles. The molecule has 2 aromatic rings. The summed E-state index contributed by atoms with van der Waals surface area (Å²) in [5.41, 5.74) is 4.23. The van der Waals surface area contributed by atoms with Gasteiger partial charge in [-0.2, -0.15) is 0 Å². The number of anilines is 2. The number of nitrogens with one attached hydrogen (secondary N) is 2. The van der Waals surface area contributed by atoms with Crippen molar-refractivity contribution >= 4 is 40.3 Å². The largest absolute Gasteiger partial charge is 0.332 e. The fourth-order valence-electron chi connectivity index (χ4n) is 2.97. The summed E-state index contributed by atoms with van der Waals surface area (Å²) < 4.78 is 0. The first-order chi connectivity index (χ1) is 11.6. The van der Waals surface area contributed by atoms with Crippen molar-refractivity contribution in [2.75, 3.05) is 23.7 Å². The van der Waals surface area contributed by atoms with Crippen LogP contribution < -0.4 is 10.6 Å². The lowest BCUT2D eigenvalue weighted by Gasteiger charge is -2.16. The average molecular weight is 360 g/mol. The second-order valence-electron chi connectivity index (χ2n) is 6.18. The van der Waals surface area contributed by atoms with Crippen molar-refractivity contribution in [3.05, 3.63) is 58.6 Å². The van der Waals surface area contributed by atoms with Gasteiger partial charge in [0.2, 0.25) is 0 Å². The Morgan fingerprint density at radius 1 is 1.12 bits per heavy atom. The van der Waals surface area contributed by atoms with Crippen LogP contribution in [0.3, 0.4) is 0 Å². The number of rotatable bonds is 4. The Morgan fingerprint density at radius 3 is 2.67 bits per heavy atom. The van der Waals surface area contributed by atoms with E-state index >= 15 is 0 Å². The molecular formula is C19H22ClN3S. The fraction of sp³-hybridized carbons (Fsp3) is 0.316. The average Bonchev–Trinajstić information content (AvgIpc) is 3.05. The summed E-state index contributed by atoms with van der Waals surface area (Å²) in [6.45, 7) is 5.38. The first-order valence-corrected chi connectivity index (χ1v) is 9.05. The van der Waals surface area contributed by atoms with Crippen molar-refractivity contribution in [3.8, 4) is 0 Å². The molecule has 2 N–H and O–H groups in total. The summed E-state index contributed by atoms with van der Waals surface area (Å²) >= 11 is 11.6. The summed E-state index contributed by atoms with van der Waals surface area (Å²) in [7, 11) is 0. The third-order valence-electron chi connectivity index (χ3n) is 4.31. The topological polar surface area (TPSA) is 27.3 Å². The predicted molar refractivity (Wildman–Crippen MR) is 107 cm³/mol. The molecule has 0 amide bonds. The third-order valence-corrected chi connectivity index (χ3v) is 4.92. The molecule has 1 heterocycles. The van der Waals surface area contributed by atoms with Gasteiger partial charge in [0.15, 0.2) is 5.11 Å². The van der Waals surface area contributed by atoms with Crippen molar-refractivity contribution in [1.29, 1.82) is 0 Å². The normalized spacial score (nSPS) is 14.6. The van der Waals surface area contributed by atoms with Crippen LogP contribution in [0.1, 0.15) is 24.0 Å². The molecule has 1 saturated heterocycles. The van der Waals surface area contributed by atoms with Gasteiger partial charge in [0.05, 0.1) is 0 Å². The number of likely N-dealkylation sites (tertiary alicyclic amines) is 1. The van der Waals surface area contributed by atoms with Gasteiger partial charge in [0.25, 0.3) is 0 Å². The van der Waals surface area contributed by atoms with Crippen molar-refractivity contribution < 1.29 is 0 Å². The molecule has 0 unspecified atom stereocenters. The minimum Gasteiger partial charge on any atom is -0.332 e. The SMILES string of the molecule is Cc1c(Cl)cccc1NC(=S)Nc1cccc(CN2CCCC2)c1. The van der Waals surface area contributed by atoms with E-state index in [1.165, 1.54) is 31.5 Å². The maximum absolute atomic E-state index is 6.15. The molecule has 0 spiro atoms. The molecule has 3 nitrogen and oxygen atoms in total. The summed E-state index contributed by atoms with van der Waals surface area (Å²) in [6, 6.07) is 14.2. The third kappa shape index (κ3) is 4.47. The van der Waals surface area contributed by atoms with Crippen LogP contribution in [-0.4, -0.2) is 23.1 Å². The van der Waals surface area contributed by atoms with Crippen molar-refractivity contribution in [3.63, 3.8) is 0 Å². The van der Waals surface area contributed by atoms with E-state index in [1.807, 2.05) is 31.2 Å². The van der Waals surface area contributed by atoms with E-state index < -0.39 is 0 Å². The van der Waals surface area contributed by atoms with E-state index in [0.29, 0.717) is 5.11 Å². The predicted octanol–water partition coefficient (Wildman–Crippen LogP) is 5.05. The number of hydrogen-bond acceptors (Lipinski definition) is 2. The smallest absolute Gasteiger partial charge is 0.175 e. The van der Waals surface area contributed by atoms with Crippen LogP contribution in [0, 0.1) is 6.92 Å².